The number of nitrogens with one attached hydrogen (secondary N) is 1. The summed E-state index contributed by atoms with van der Waals surface area (Å²) in [5.74, 6) is 0.813. The molecule has 0 amide bonds. The summed E-state index contributed by atoms with van der Waals surface area (Å²) in [6.45, 7) is 4.37. The second kappa shape index (κ2) is 11.3. The third-order valence-electron chi connectivity index (χ3n) is 4.12. The Morgan fingerprint density at radius 1 is 0.933 bits per heavy atom. The van der Waals surface area contributed by atoms with Crippen molar-refractivity contribution < 1.29 is 32.5 Å². The van der Waals surface area contributed by atoms with E-state index >= 15 is 0 Å². The molecule has 5 nitrogen and oxygen atoms in total. The van der Waals surface area contributed by atoms with Crippen LogP contribution >= 0.6 is 12.4 Å². The fraction of sp³-hybridized carbons (Fsp3) is 0.429. The monoisotopic (exact) mass is 449 g/mol. The summed E-state index contributed by atoms with van der Waals surface area (Å²) in [5, 5.41) is 13.4. The fourth-order valence-electron chi connectivity index (χ4n) is 2.70. The molecule has 0 bridgehead atoms. The average molecular weight is 450 g/mol. The molecular weight excluding hydrogens is 423 g/mol. The molecular formula is C21H27ClF3NO4. The van der Waals surface area contributed by atoms with Crippen LogP contribution in [0.3, 0.4) is 0 Å². The highest BCUT2D eigenvalue weighted by atomic mass is 35.5. The van der Waals surface area contributed by atoms with Crippen LogP contribution < -0.4 is 19.5 Å². The topological polar surface area (TPSA) is 60.0 Å². The predicted octanol–water partition coefficient (Wildman–Crippen LogP) is 4.37. The van der Waals surface area contributed by atoms with Crippen molar-refractivity contribution in [2.24, 2.45) is 0 Å². The molecule has 0 fully saturated rings. The van der Waals surface area contributed by atoms with Gasteiger partial charge in [0, 0.05) is 12.1 Å². The lowest BCUT2D eigenvalue weighted by Crippen LogP contribution is -2.46. The van der Waals surface area contributed by atoms with E-state index in [4.69, 9.17) is 9.47 Å². The molecule has 0 aliphatic heterocycles. The first-order valence-electron chi connectivity index (χ1n) is 9.11. The van der Waals surface area contributed by atoms with Gasteiger partial charge in [-0.1, -0.05) is 12.1 Å². The highest BCUT2D eigenvalue weighted by Gasteiger charge is 2.31. The zero-order valence-corrected chi connectivity index (χ0v) is 17.8. The Balaban J connectivity index is 0.00000450. The summed E-state index contributed by atoms with van der Waals surface area (Å²) in [5.41, 5.74) is 0.877. The van der Waals surface area contributed by atoms with Crippen LogP contribution in [0.4, 0.5) is 13.2 Å². The molecule has 2 aromatic carbocycles. The highest BCUT2D eigenvalue weighted by Crippen LogP contribution is 2.24. The van der Waals surface area contributed by atoms with E-state index in [1.54, 1.807) is 7.11 Å². The van der Waals surface area contributed by atoms with Gasteiger partial charge in [-0.15, -0.1) is 25.6 Å². The smallest absolute Gasteiger partial charge is 0.497 e. The van der Waals surface area contributed by atoms with Gasteiger partial charge in [0.25, 0.3) is 0 Å². The van der Waals surface area contributed by atoms with E-state index in [2.05, 4.69) is 10.1 Å². The Labute approximate surface area is 180 Å². The van der Waals surface area contributed by atoms with E-state index in [0.717, 1.165) is 29.9 Å². The third kappa shape index (κ3) is 9.56. The van der Waals surface area contributed by atoms with E-state index in [1.807, 2.05) is 38.1 Å². The number of benzene rings is 2. The molecule has 0 aliphatic carbocycles. The summed E-state index contributed by atoms with van der Waals surface area (Å²) in [6.07, 6.45) is -4.76. The molecule has 9 heteroatoms. The second-order valence-electron chi connectivity index (χ2n) is 7.27. The van der Waals surface area contributed by atoms with Gasteiger partial charge in [0.1, 0.15) is 30.0 Å². The van der Waals surface area contributed by atoms with Gasteiger partial charge in [0.15, 0.2) is 0 Å². The Bertz CT molecular complexity index is 752. The van der Waals surface area contributed by atoms with Crippen LogP contribution in [0.15, 0.2) is 48.5 Å². The molecule has 2 aromatic rings. The molecule has 2 N–H and O–H groups in total. The SMILES string of the molecule is COc1ccc(CC(C)(C)NCC(O)COc2ccc(OC(F)(F)F)cc2)cc1.Cl. The quantitative estimate of drug-likeness (QED) is 0.564. The number of hydrogen-bond donors (Lipinski definition) is 2. The van der Waals surface area contributed by atoms with Gasteiger partial charge in [0.2, 0.25) is 0 Å². The minimum atomic E-state index is -4.73. The minimum Gasteiger partial charge on any atom is -0.497 e. The third-order valence-corrected chi connectivity index (χ3v) is 4.12. The van der Waals surface area contributed by atoms with Crippen molar-refractivity contribution in [3.05, 3.63) is 54.1 Å². The fourth-order valence-corrected chi connectivity index (χ4v) is 2.70. The zero-order chi connectivity index (χ0) is 21.5. The van der Waals surface area contributed by atoms with Gasteiger partial charge in [-0.3, -0.25) is 0 Å². The molecule has 0 aliphatic rings. The number of methoxy groups -OCH3 is 1. The van der Waals surface area contributed by atoms with Crippen LogP contribution in [-0.2, 0) is 6.42 Å². The van der Waals surface area contributed by atoms with Gasteiger partial charge >= 0.3 is 6.36 Å². The standard InChI is InChI=1S/C21H26F3NO4.ClH/c1-20(2,12-15-4-6-17(27-3)7-5-15)25-13-16(26)14-28-18-8-10-19(11-9-18)29-21(22,23)24;/h4-11,16,25-26H,12-14H2,1-3H3;1H. The zero-order valence-electron chi connectivity index (χ0n) is 17.0. The summed E-state index contributed by atoms with van der Waals surface area (Å²) in [7, 11) is 1.62. The number of ether oxygens (including phenoxy) is 3. The van der Waals surface area contributed by atoms with Crippen LogP contribution in [0.2, 0.25) is 0 Å². The number of aliphatic hydroxyl groups is 1. The van der Waals surface area contributed by atoms with Gasteiger partial charge in [-0.25, -0.2) is 0 Å². The normalized spacial score (nSPS) is 12.6. The van der Waals surface area contributed by atoms with E-state index in [1.165, 1.54) is 12.1 Å². The van der Waals surface area contributed by atoms with Crippen molar-refractivity contribution >= 4 is 12.4 Å². The first-order chi connectivity index (χ1) is 13.6. The number of halogens is 4. The molecule has 0 saturated heterocycles. The van der Waals surface area contributed by atoms with Crippen LogP contribution in [-0.4, -0.2) is 43.4 Å². The number of rotatable bonds is 10. The van der Waals surface area contributed by atoms with Crippen molar-refractivity contribution in [3.8, 4) is 17.2 Å². The molecule has 1 atom stereocenters. The highest BCUT2D eigenvalue weighted by molar-refractivity contribution is 5.85. The van der Waals surface area contributed by atoms with Crippen LogP contribution in [0.1, 0.15) is 19.4 Å². The second-order valence-corrected chi connectivity index (χ2v) is 7.27. The summed E-state index contributed by atoms with van der Waals surface area (Å²) in [6, 6.07) is 12.8. The van der Waals surface area contributed by atoms with Crippen molar-refractivity contribution in [1.82, 2.24) is 5.32 Å². The number of aliphatic hydroxyl groups excluding tert-OH is 1. The number of alkyl halides is 3. The Morgan fingerprint density at radius 2 is 1.47 bits per heavy atom. The van der Waals surface area contributed by atoms with Crippen molar-refractivity contribution in [2.75, 3.05) is 20.3 Å². The molecule has 2 rings (SSSR count). The Morgan fingerprint density at radius 3 is 2.00 bits per heavy atom. The molecule has 1 unspecified atom stereocenters. The summed E-state index contributed by atoms with van der Waals surface area (Å²) < 4.78 is 50.8. The van der Waals surface area contributed by atoms with E-state index < -0.39 is 12.5 Å². The van der Waals surface area contributed by atoms with E-state index in [0.29, 0.717) is 12.3 Å². The molecule has 0 heterocycles. The first-order valence-corrected chi connectivity index (χ1v) is 9.11. The summed E-state index contributed by atoms with van der Waals surface area (Å²) in [4.78, 5) is 0. The van der Waals surface area contributed by atoms with Gasteiger partial charge in [-0.2, -0.15) is 0 Å². The molecule has 0 spiro atoms. The predicted molar refractivity (Wildman–Crippen MR) is 111 cm³/mol. The maximum Gasteiger partial charge on any atom is 0.573 e. The molecule has 0 saturated carbocycles. The van der Waals surface area contributed by atoms with Gasteiger partial charge < -0.3 is 24.6 Å². The van der Waals surface area contributed by atoms with E-state index in [9.17, 15) is 18.3 Å². The maximum absolute atomic E-state index is 12.1. The lowest BCUT2D eigenvalue weighted by molar-refractivity contribution is -0.274. The maximum atomic E-state index is 12.1. The van der Waals surface area contributed by atoms with Crippen LogP contribution in [0.5, 0.6) is 17.2 Å². The van der Waals surface area contributed by atoms with E-state index in [-0.39, 0.29) is 30.3 Å². The van der Waals surface area contributed by atoms with Crippen molar-refractivity contribution in [2.45, 2.75) is 38.3 Å². The molecule has 0 aromatic heterocycles. The summed E-state index contributed by atoms with van der Waals surface area (Å²) >= 11 is 0. The lowest BCUT2D eigenvalue weighted by Gasteiger charge is -2.28. The average Bonchev–Trinajstić information content (AvgIpc) is 2.65. The lowest BCUT2D eigenvalue weighted by atomic mass is 9.94. The van der Waals surface area contributed by atoms with Gasteiger partial charge in [0.05, 0.1) is 7.11 Å². The Hall–Kier alpha value is -2.16. The molecule has 0 radical (unpaired) electrons. The largest absolute Gasteiger partial charge is 0.573 e. The van der Waals surface area contributed by atoms with Gasteiger partial charge in [-0.05, 0) is 62.2 Å². The molecule has 168 valence electrons. The number of β-amino-alcohol motifs (C(OH)–C–C–N with tert-alkyl or cyclic N) is 1. The van der Waals surface area contributed by atoms with Crippen molar-refractivity contribution in [1.29, 1.82) is 0 Å². The first kappa shape index (κ1) is 25.9. The molecule has 30 heavy (non-hydrogen) atoms. The van der Waals surface area contributed by atoms with Crippen molar-refractivity contribution in [3.63, 3.8) is 0 Å². The van der Waals surface area contributed by atoms with Crippen LogP contribution in [0.25, 0.3) is 0 Å². The minimum absolute atomic E-state index is 0. The van der Waals surface area contributed by atoms with Crippen LogP contribution in [0, 0.1) is 0 Å². The Kier molecular flexibility index (Phi) is 9.74. The number of hydrogen-bond acceptors (Lipinski definition) is 5.